The minimum atomic E-state index is -0.0220. The van der Waals surface area contributed by atoms with E-state index < -0.39 is 0 Å². The van der Waals surface area contributed by atoms with Crippen molar-refractivity contribution in [3.63, 3.8) is 0 Å². The summed E-state index contributed by atoms with van der Waals surface area (Å²) in [5, 5.41) is 3.53. The highest BCUT2D eigenvalue weighted by atomic mass is 16.2. The van der Waals surface area contributed by atoms with Crippen LogP contribution in [0.2, 0.25) is 0 Å². The van der Waals surface area contributed by atoms with Crippen molar-refractivity contribution in [1.29, 1.82) is 0 Å². The van der Waals surface area contributed by atoms with Gasteiger partial charge in [0, 0.05) is 20.1 Å². The minimum absolute atomic E-state index is 0.0220. The third-order valence-electron chi connectivity index (χ3n) is 3.51. The number of rotatable bonds is 5. The fraction of sp³-hybridized carbons (Fsp3) is 0.917. The second kappa shape index (κ2) is 4.12. The molecule has 0 aromatic rings. The van der Waals surface area contributed by atoms with Gasteiger partial charge in [-0.1, -0.05) is 0 Å². The van der Waals surface area contributed by atoms with Crippen LogP contribution >= 0.6 is 0 Å². The number of nitrogens with zero attached hydrogens (tertiary/aromatic N) is 1. The summed E-state index contributed by atoms with van der Waals surface area (Å²) in [6.45, 7) is 1.99. The SMILES string of the molecule is CC(NC(C1CC1)C1CC1)C(=O)N(C)C. The normalized spacial score (nSPS) is 22.9. The van der Waals surface area contributed by atoms with Crippen LogP contribution in [0.25, 0.3) is 0 Å². The molecule has 86 valence electrons. The number of nitrogens with one attached hydrogen (secondary N) is 1. The molecule has 1 N–H and O–H groups in total. The van der Waals surface area contributed by atoms with Crippen molar-refractivity contribution >= 4 is 5.91 Å². The summed E-state index contributed by atoms with van der Waals surface area (Å²) in [5.41, 5.74) is 0. The number of amides is 1. The Kier molecular flexibility index (Phi) is 3.01. The molecule has 0 heterocycles. The number of hydrogen-bond donors (Lipinski definition) is 1. The Morgan fingerprint density at radius 2 is 1.67 bits per heavy atom. The highest BCUT2D eigenvalue weighted by Gasteiger charge is 2.42. The molecule has 2 aliphatic rings. The third kappa shape index (κ3) is 2.71. The molecule has 0 spiro atoms. The zero-order valence-corrected chi connectivity index (χ0v) is 9.99. The third-order valence-corrected chi connectivity index (χ3v) is 3.51. The lowest BCUT2D eigenvalue weighted by Gasteiger charge is -2.24. The summed E-state index contributed by atoms with van der Waals surface area (Å²) < 4.78 is 0. The molecule has 1 unspecified atom stereocenters. The number of likely N-dealkylation sites (N-methyl/N-ethyl adjacent to an activating group) is 1. The Bertz CT molecular complexity index is 232. The molecule has 1 atom stereocenters. The second-order valence-corrected chi connectivity index (χ2v) is 5.32. The van der Waals surface area contributed by atoms with Crippen molar-refractivity contribution in [2.45, 2.75) is 44.7 Å². The van der Waals surface area contributed by atoms with Gasteiger partial charge in [-0.15, -0.1) is 0 Å². The average molecular weight is 210 g/mol. The maximum Gasteiger partial charge on any atom is 0.238 e. The van der Waals surface area contributed by atoms with Crippen molar-refractivity contribution < 1.29 is 4.79 Å². The van der Waals surface area contributed by atoms with Gasteiger partial charge >= 0.3 is 0 Å². The lowest BCUT2D eigenvalue weighted by atomic mass is 10.1. The van der Waals surface area contributed by atoms with E-state index in [1.54, 1.807) is 4.90 Å². The Morgan fingerprint density at radius 3 is 2.00 bits per heavy atom. The van der Waals surface area contributed by atoms with Gasteiger partial charge in [-0.05, 0) is 44.4 Å². The van der Waals surface area contributed by atoms with Gasteiger partial charge in [0.05, 0.1) is 6.04 Å². The maximum atomic E-state index is 11.7. The Labute approximate surface area is 92.2 Å². The monoisotopic (exact) mass is 210 g/mol. The lowest BCUT2D eigenvalue weighted by molar-refractivity contribution is -0.130. The zero-order chi connectivity index (χ0) is 11.0. The average Bonchev–Trinajstić information content (AvgIpc) is 3.03. The molecule has 0 aliphatic heterocycles. The summed E-state index contributed by atoms with van der Waals surface area (Å²) in [7, 11) is 3.65. The fourth-order valence-corrected chi connectivity index (χ4v) is 2.32. The summed E-state index contributed by atoms with van der Waals surface area (Å²) in [4.78, 5) is 13.4. The van der Waals surface area contributed by atoms with Crippen LogP contribution < -0.4 is 5.32 Å². The van der Waals surface area contributed by atoms with Crippen molar-refractivity contribution in [3.8, 4) is 0 Å². The fourth-order valence-electron chi connectivity index (χ4n) is 2.32. The molecule has 0 aromatic carbocycles. The van der Waals surface area contributed by atoms with E-state index in [9.17, 15) is 4.79 Å². The largest absolute Gasteiger partial charge is 0.347 e. The molecular weight excluding hydrogens is 188 g/mol. The van der Waals surface area contributed by atoms with Crippen molar-refractivity contribution in [3.05, 3.63) is 0 Å². The summed E-state index contributed by atoms with van der Waals surface area (Å²) in [5.74, 6) is 1.91. The van der Waals surface area contributed by atoms with Gasteiger partial charge in [0.15, 0.2) is 0 Å². The van der Waals surface area contributed by atoms with E-state index in [4.69, 9.17) is 0 Å². The van der Waals surface area contributed by atoms with Gasteiger partial charge in [-0.3, -0.25) is 4.79 Å². The van der Waals surface area contributed by atoms with E-state index in [0.29, 0.717) is 6.04 Å². The quantitative estimate of drug-likeness (QED) is 0.740. The van der Waals surface area contributed by atoms with Crippen LogP contribution in [0.3, 0.4) is 0 Å². The molecule has 2 fully saturated rings. The molecule has 0 bridgehead atoms. The van der Waals surface area contributed by atoms with E-state index >= 15 is 0 Å². The van der Waals surface area contributed by atoms with Gasteiger partial charge in [0.2, 0.25) is 5.91 Å². The molecule has 15 heavy (non-hydrogen) atoms. The highest BCUT2D eigenvalue weighted by Crippen LogP contribution is 2.44. The Hall–Kier alpha value is -0.570. The molecule has 2 rings (SSSR count). The van der Waals surface area contributed by atoms with Gasteiger partial charge in [0.25, 0.3) is 0 Å². The molecule has 3 nitrogen and oxygen atoms in total. The first kappa shape index (κ1) is 10.9. The predicted molar refractivity (Wildman–Crippen MR) is 60.5 cm³/mol. The minimum Gasteiger partial charge on any atom is -0.347 e. The summed E-state index contributed by atoms with van der Waals surface area (Å²) in [6, 6.07) is 0.593. The lowest BCUT2D eigenvalue weighted by Crippen LogP contribution is -2.47. The van der Waals surface area contributed by atoms with E-state index in [-0.39, 0.29) is 11.9 Å². The zero-order valence-electron chi connectivity index (χ0n) is 9.99. The summed E-state index contributed by atoms with van der Waals surface area (Å²) in [6.07, 6.45) is 5.43. The van der Waals surface area contributed by atoms with Crippen molar-refractivity contribution in [1.82, 2.24) is 10.2 Å². The smallest absolute Gasteiger partial charge is 0.238 e. The summed E-state index contributed by atoms with van der Waals surface area (Å²) >= 11 is 0. The molecule has 0 aromatic heterocycles. The molecular formula is C12H22N2O. The van der Waals surface area contributed by atoms with Crippen LogP contribution in [0.5, 0.6) is 0 Å². The van der Waals surface area contributed by atoms with E-state index in [1.807, 2.05) is 21.0 Å². The highest BCUT2D eigenvalue weighted by molar-refractivity contribution is 5.80. The Balaban J connectivity index is 1.85. The van der Waals surface area contributed by atoms with Gasteiger partial charge in [-0.2, -0.15) is 0 Å². The molecule has 3 heteroatoms. The van der Waals surface area contributed by atoms with Gasteiger partial charge in [-0.25, -0.2) is 0 Å². The van der Waals surface area contributed by atoms with E-state index in [2.05, 4.69) is 5.32 Å². The molecule has 2 aliphatic carbocycles. The van der Waals surface area contributed by atoms with E-state index in [1.165, 1.54) is 25.7 Å². The molecule has 0 radical (unpaired) electrons. The number of hydrogen-bond acceptors (Lipinski definition) is 2. The maximum absolute atomic E-state index is 11.7. The Morgan fingerprint density at radius 1 is 1.20 bits per heavy atom. The predicted octanol–water partition coefficient (Wildman–Crippen LogP) is 1.24. The first-order valence-corrected chi connectivity index (χ1v) is 6.07. The van der Waals surface area contributed by atoms with Crippen LogP contribution in [-0.4, -0.2) is 37.0 Å². The topological polar surface area (TPSA) is 32.3 Å². The van der Waals surface area contributed by atoms with Gasteiger partial charge in [0.1, 0.15) is 0 Å². The second-order valence-electron chi connectivity index (χ2n) is 5.32. The van der Waals surface area contributed by atoms with E-state index in [0.717, 1.165) is 11.8 Å². The van der Waals surface area contributed by atoms with Crippen LogP contribution in [0.4, 0.5) is 0 Å². The van der Waals surface area contributed by atoms with Crippen LogP contribution in [0.15, 0.2) is 0 Å². The molecule has 2 saturated carbocycles. The standard InChI is InChI=1S/C12H22N2O/c1-8(12(15)14(2)3)13-11(9-4-5-9)10-6-7-10/h8-11,13H,4-7H2,1-3H3. The van der Waals surface area contributed by atoms with Crippen molar-refractivity contribution in [2.24, 2.45) is 11.8 Å². The molecule has 0 saturated heterocycles. The first-order valence-electron chi connectivity index (χ1n) is 6.07. The van der Waals surface area contributed by atoms with Crippen LogP contribution in [0.1, 0.15) is 32.6 Å². The number of carbonyl (C=O) groups is 1. The first-order chi connectivity index (χ1) is 7.09. The van der Waals surface area contributed by atoms with Crippen LogP contribution in [-0.2, 0) is 4.79 Å². The number of carbonyl (C=O) groups excluding carboxylic acids is 1. The van der Waals surface area contributed by atoms with Gasteiger partial charge < -0.3 is 10.2 Å². The molecule has 1 amide bonds. The van der Waals surface area contributed by atoms with Crippen LogP contribution in [0, 0.1) is 11.8 Å². The van der Waals surface area contributed by atoms with Crippen molar-refractivity contribution in [2.75, 3.05) is 14.1 Å².